The maximum atomic E-state index is 10.1. The molecule has 0 unspecified atom stereocenters. The second-order valence-electron chi connectivity index (χ2n) is 3.43. The van der Waals surface area contributed by atoms with E-state index in [4.69, 9.17) is 0 Å². The molecule has 2 nitrogen and oxygen atoms in total. The zero-order valence-electron chi connectivity index (χ0n) is 7.03. The van der Waals surface area contributed by atoms with Gasteiger partial charge in [-0.25, -0.2) is 0 Å². The number of benzene rings is 1. The van der Waals surface area contributed by atoms with E-state index in [2.05, 4.69) is 5.32 Å². The second kappa shape index (κ2) is 2.88. The summed E-state index contributed by atoms with van der Waals surface area (Å²) in [4.78, 5) is 0. The lowest BCUT2D eigenvalue weighted by molar-refractivity contribution is -0.642. The minimum Gasteiger partial charge on any atom is -0.379 e. The van der Waals surface area contributed by atoms with Crippen LogP contribution in [0.25, 0.3) is 0 Å². The van der Waals surface area contributed by atoms with Gasteiger partial charge >= 0.3 is 0 Å². The summed E-state index contributed by atoms with van der Waals surface area (Å²) in [7, 11) is 0. The van der Waals surface area contributed by atoms with Gasteiger partial charge in [-0.15, -0.1) is 0 Å². The average Bonchev–Trinajstić information content (AvgIpc) is 2.55. The van der Waals surface area contributed by atoms with E-state index in [-0.39, 0.29) is 0 Å². The molecule has 1 aliphatic rings. The van der Waals surface area contributed by atoms with Crippen LogP contribution in [0.15, 0.2) is 30.3 Å². The molecule has 1 atom stereocenters. The van der Waals surface area contributed by atoms with E-state index in [1.807, 2.05) is 30.3 Å². The highest BCUT2D eigenvalue weighted by molar-refractivity contribution is 5.22. The van der Waals surface area contributed by atoms with Crippen LogP contribution in [0.5, 0.6) is 0 Å². The highest BCUT2D eigenvalue weighted by Gasteiger charge is 2.35. The fourth-order valence-corrected chi connectivity index (χ4v) is 1.79. The lowest BCUT2D eigenvalue weighted by Crippen LogP contribution is -2.82. The van der Waals surface area contributed by atoms with Crippen molar-refractivity contribution in [1.29, 1.82) is 0 Å². The summed E-state index contributed by atoms with van der Waals surface area (Å²) in [5.41, 5.74) is 0.486. The van der Waals surface area contributed by atoms with Crippen molar-refractivity contribution < 1.29 is 10.4 Å². The van der Waals surface area contributed by atoms with Gasteiger partial charge in [0.05, 0.1) is 6.54 Å². The maximum Gasteiger partial charge on any atom is 0.143 e. The van der Waals surface area contributed by atoms with Crippen molar-refractivity contribution in [3.63, 3.8) is 0 Å². The molecule has 64 valence electrons. The van der Waals surface area contributed by atoms with Gasteiger partial charge in [-0.05, 0) is 5.56 Å². The molecule has 1 aliphatic heterocycles. The van der Waals surface area contributed by atoms with Gasteiger partial charge in [0.15, 0.2) is 0 Å². The minimum absolute atomic E-state index is 0.568. The zero-order valence-corrected chi connectivity index (χ0v) is 7.03. The third kappa shape index (κ3) is 1.24. The van der Waals surface area contributed by atoms with E-state index in [9.17, 15) is 5.11 Å². The molecular formula is C10H14NO+. The number of nitrogens with two attached hydrogens (primary N) is 1. The molecule has 0 bridgehead atoms. The molecule has 1 saturated heterocycles. The molecule has 2 rings (SSSR count). The molecule has 0 aliphatic carbocycles. The quantitative estimate of drug-likeness (QED) is 0.594. The summed E-state index contributed by atoms with van der Waals surface area (Å²) in [5.74, 6) is 0. The Labute approximate surface area is 72.2 Å². The van der Waals surface area contributed by atoms with Crippen molar-refractivity contribution >= 4 is 0 Å². The van der Waals surface area contributed by atoms with Gasteiger partial charge in [0, 0.05) is 6.42 Å². The highest BCUT2D eigenvalue weighted by atomic mass is 16.3. The first-order chi connectivity index (χ1) is 5.81. The van der Waals surface area contributed by atoms with Gasteiger partial charge in [0.1, 0.15) is 12.1 Å². The molecule has 0 spiro atoms. The van der Waals surface area contributed by atoms with E-state index >= 15 is 0 Å². The Morgan fingerprint density at radius 1 is 1.25 bits per heavy atom. The van der Waals surface area contributed by atoms with Crippen molar-refractivity contribution in [2.75, 3.05) is 13.1 Å². The summed E-state index contributed by atoms with van der Waals surface area (Å²) in [6.07, 6.45) is 0.872. The lowest BCUT2D eigenvalue weighted by Gasteiger charge is -2.18. The Balaban J connectivity index is 2.29. The maximum absolute atomic E-state index is 10.1. The molecule has 1 fully saturated rings. The summed E-state index contributed by atoms with van der Waals surface area (Å²) >= 11 is 0. The molecule has 1 aromatic carbocycles. The van der Waals surface area contributed by atoms with Gasteiger partial charge < -0.3 is 10.4 Å². The SMILES string of the molecule is O[C@@]1(c2ccccc2)CC[NH2+]C1. The van der Waals surface area contributed by atoms with Crippen molar-refractivity contribution in [2.45, 2.75) is 12.0 Å². The van der Waals surface area contributed by atoms with Gasteiger partial charge in [0.2, 0.25) is 0 Å². The molecule has 12 heavy (non-hydrogen) atoms. The van der Waals surface area contributed by atoms with Crippen LogP contribution < -0.4 is 5.32 Å². The largest absolute Gasteiger partial charge is 0.379 e. The molecule has 1 aromatic rings. The zero-order chi connectivity index (χ0) is 8.44. The van der Waals surface area contributed by atoms with Crippen LogP contribution in [0, 0.1) is 0 Å². The highest BCUT2D eigenvalue weighted by Crippen LogP contribution is 2.24. The minimum atomic E-state index is -0.568. The first-order valence-corrected chi connectivity index (χ1v) is 4.41. The fraction of sp³-hybridized carbons (Fsp3) is 0.400. The lowest BCUT2D eigenvalue weighted by atomic mass is 9.93. The van der Waals surface area contributed by atoms with Crippen LogP contribution in [0.3, 0.4) is 0 Å². The standard InChI is InChI=1S/C10H13NO/c12-10(6-7-11-8-10)9-4-2-1-3-5-9/h1-5,11-12H,6-8H2/p+1/t10-/m0/s1. The number of rotatable bonds is 1. The predicted octanol–water partition coefficient (Wildman–Crippen LogP) is -0.159. The molecule has 0 aromatic heterocycles. The summed E-state index contributed by atoms with van der Waals surface area (Å²) < 4.78 is 0. The van der Waals surface area contributed by atoms with E-state index in [1.165, 1.54) is 0 Å². The Bertz CT molecular complexity index is 252. The van der Waals surface area contributed by atoms with E-state index in [0.29, 0.717) is 0 Å². The van der Waals surface area contributed by atoms with Crippen LogP contribution in [0.4, 0.5) is 0 Å². The smallest absolute Gasteiger partial charge is 0.143 e. The number of quaternary nitrogens is 1. The molecule has 0 amide bonds. The van der Waals surface area contributed by atoms with Crippen LogP contribution >= 0.6 is 0 Å². The molecular weight excluding hydrogens is 150 g/mol. The van der Waals surface area contributed by atoms with Gasteiger partial charge in [0.25, 0.3) is 0 Å². The topological polar surface area (TPSA) is 36.8 Å². The Morgan fingerprint density at radius 3 is 2.58 bits per heavy atom. The molecule has 3 N–H and O–H groups in total. The molecule has 0 saturated carbocycles. The first-order valence-electron chi connectivity index (χ1n) is 4.41. The third-order valence-corrected chi connectivity index (χ3v) is 2.56. The number of hydrogen-bond acceptors (Lipinski definition) is 1. The number of aliphatic hydroxyl groups is 1. The third-order valence-electron chi connectivity index (χ3n) is 2.56. The normalized spacial score (nSPS) is 29.1. The fourth-order valence-electron chi connectivity index (χ4n) is 1.79. The summed E-state index contributed by atoms with van der Waals surface area (Å²) in [6, 6.07) is 9.93. The molecule has 0 radical (unpaired) electrons. The monoisotopic (exact) mass is 164 g/mol. The second-order valence-corrected chi connectivity index (χ2v) is 3.43. The van der Waals surface area contributed by atoms with Gasteiger partial charge in [-0.1, -0.05) is 30.3 Å². The van der Waals surface area contributed by atoms with Crippen LogP contribution in [-0.4, -0.2) is 18.2 Å². The van der Waals surface area contributed by atoms with E-state index < -0.39 is 5.60 Å². The Morgan fingerprint density at radius 2 is 2.00 bits per heavy atom. The predicted molar refractivity (Wildman–Crippen MR) is 46.6 cm³/mol. The average molecular weight is 164 g/mol. The number of hydrogen-bond donors (Lipinski definition) is 2. The van der Waals surface area contributed by atoms with Crippen molar-refractivity contribution in [2.24, 2.45) is 0 Å². The van der Waals surface area contributed by atoms with Gasteiger partial charge in [-0.2, -0.15) is 0 Å². The first kappa shape index (κ1) is 7.77. The van der Waals surface area contributed by atoms with Crippen molar-refractivity contribution in [1.82, 2.24) is 0 Å². The molecule has 2 heteroatoms. The molecule has 1 heterocycles. The van der Waals surface area contributed by atoms with E-state index in [0.717, 1.165) is 25.1 Å². The Kier molecular flexibility index (Phi) is 1.87. The van der Waals surface area contributed by atoms with Crippen LogP contribution in [0.2, 0.25) is 0 Å². The van der Waals surface area contributed by atoms with Crippen LogP contribution in [-0.2, 0) is 5.60 Å². The van der Waals surface area contributed by atoms with E-state index in [1.54, 1.807) is 0 Å². The Hall–Kier alpha value is -0.860. The van der Waals surface area contributed by atoms with Crippen LogP contribution in [0.1, 0.15) is 12.0 Å². The summed E-state index contributed by atoms with van der Waals surface area (Å²) in [5, 5.41) is 12.3. The summed E-state index contributed by atoms with van der Waals surface area (Å²) in [6.45, 7) is 1.84. The van der Waals surface area contributed by atoms with Crippen molar-refractivity contribution in [3.8, 4) is 0 Å². The van der Waals surface area contributed by atoms with Gasteiger partial charge in [-0.3, -0.25) is 0 Å². The van der Waals surface area contributed by atoms with Crippen molar-refractivity contribution in [3.05, 3.63) is 35.9 Å².